The quantitative estimate of drug-likeness (QED) is 0.269. The Morgan fingerprint density at radius 2 is 1.67 bits per heavy atom. The number of phenols is 1. The highest BCUT2D eigenvalue weighted by atomic mass is 35.5. The van der Waals surface area contributed by atoms with Crippen molar-refractivity contribution in [3.05, 3.63) is 93.3 Å². The summed E-state index contributed by atoms with van der Waals surface area (Å²) in [5.41, 5.74) is 0.0930. The lowest BCUT2D eigenvalue weighted by Crippen LogP contribution is -2.22. The van der Waals surface area contributed by atoms with Crippen LogP contribution in [-0.4, -0.2) is 16.9 Å². The number of ketones is 1. The standard InChI is InChI=1S/C22H12ClF3O4/c23-12-3-1-10(2-4-12)21(28)13-5-6-17-19(22(13)29)14(9-18(27)30-17)11-7-15(24)20(26)16(25)8-11/h1-8,14,29H,9H2/t14-/m1/s1. The lowest BCUT2D eigenvalue weighted by Gasteiger charge is -2.26. The zero-order valence-corrected chi connectivity index (χ0v) is 15.8. The monoisotopic (exact) mass is 432 g/mol. The van der Waals surface area contributed by atoms with E-state index in [1.807, 2.05) is 0 Å². The molecule has 8 heteroatoms. The maximum atomic E-state index is 13.8. The molecule has 0 saturated carbocycles. The minimum absolute atomic E-state index is 0.0137. The average molecular weight is 433 g/mol. The van der Waals surface area contributed by atoms with E-state index >= 15 is 0 Å². The number of halogens is 4. The summed E-state index contributed by atoms with van der Waals surface area (Å²) in [4.78, 5) is 24.8. The van der Waals surface area contributed by atoms with Crippen molar-refractivity contribution in [2.45, 2.75) is 12.3 Å². The first kappa shape index (κ1) is 20.0. The van der Waals surface area contributed by atoms with Gasteiger partial charge >= 0.3 is 5.97 Å². The summed E-state index contributed by atoms with van der Waals surface area (Å²) in [6, 6.07) is 10.1. The Hall–Kier alpha value is -3.32. The molecule has 1 aliphatic heterocycles. The van der Waals surface area contributed by atoms with Gasteiger partial charge in [-0.05, 0) is 54.1 Å². The number of carbonyl (C=O) groups is 2. The molecule has 0 spiro atoms. The Kier molecular flexibility index (Phi) is 4.99. The second kappa shape index (κ2) is 7.50. The molecule has 4 nitrogen and oxygen atoms in total. The number of aromatic hydroxyl groups is 1. The molecule has 1 atom stereocenters. The van der Waals surface area contributed by atoms with Crippen molar-refractivity contribution in [3.63, 3.8) is 0 Å². The molecule has 3 aromatic rings. The van der Waals surface area contributed by atoms with Gasteiger partial charge in [0.15, 0.2) is 23.2 Å². The Bertz CT molecular complexity index is 1170. The fraction of sp³-hybridized carbons (Fsp3) is 0.0909. The summed E-state index contributed by atoms with van der Waals surface area (Å²) >= 11 is 5.83. The number of benzene rings is 3. The molecule has 0 fully saturated rings. The molecule has 0 amide bonds. The molecule has 1 N–H and O–H groups in total. The van der Waals surface area contributed by atoms with Gasteiger partial charge in [-0.1, -0.05) is 11.6 Å². The highest BCUT2D eigenvalue weighted by Gasteiger charge is 2.34. The van der Waals surface area contributed by atoms with Crippen LogP contribution < -0.4 is 4.74 Å². The van der Waals surface area contributed by atoms with Crippen molar-refractivity contribution in [2.75, 3.05) is 0 Å². The van der Waals surface area contributed by atoms with Crippen LogP contribution in [0.5, 0.6) is 11.5 Å². The number of fused-ring (bicyclic) bond motifs is 1. The first-order valence-electron chi connectivity index (χ1n) is 8.77. The van der Waals surface area contributed by atoms with Gasteiger partial charge in [-0.15, -0.1) is 0 Å². The molecule has 0 radical (unpaired) electrons. The first-order valence-corrected chi connectivity index (χ1v) is 9.15. The summed E-state index contributed by atoms with van der Waals surface area (Å²) in [5, 5.41) is 11.3. The molecule has 3 aromatic carbocycles. The minimum Gasteiger partial charge on any atom is -0.507 e. The zero-order chi connectivity index (χ0) is 21.6. The molecule has 0 bridgehead atoms. The molecule has 152 valence electrons. The first-order chi connectivity index (χ1) is 14.3. The van der Waals surface area contributed by atoms with Crippen LogP contribution in [0.15, 0.2) is 48.5 Å². The van der Waals surface area contributed by atoms with Crippen LogP contribution in [0.4, 0.5) is 13.2 Å². The van der Waals surface area contributed by atoms with E-state index in [1.54, 1.807) is 0 Å². The van der Waals surface area contributed by atoms with E-state index in [9.17, 15) is 27.9 Å². The number of carbonyl (C=O) groups excluding carboxylic acids is 2. The molecule has 4 rings (SSSR count). The van der Waals surface area contributed by atoms with E-state index < -0.39 is 40.9 Å². The smallest absolute Gasteiger partial charge is 0.312 e. The summed E-state index contributed by atoms with van der Waals surface area (Å²) in [7, 11) is 0. The van der Waals surface area contributed by atoms with Crippen molar-refractivity contribution in [3.8, 4) is 11.5 Å². The Labute approximate surface area is 173 Å². The van der Waals surface area contributed by atoms with Crippen molar-refractivity contribution in [1.29, 1.82) is 0 Å². The Morgan fingerprint density at radius 1 is 1.03 bits per heavy atom. The number of rotatable bonds is 3. The van der Waals surface area contributed by atoms with Crippen LogP contribution in [0.1, 0.15) is 39.4 Å². The highest BCUT2D eigenvalue weighted by Crippen LogP contribution is 2.46. The molecule has 1 heterocycles. The summed E-state index contributed by atoms with van der Waals surface area (Å²) in [6.45, 7) is 0. The van der Waals surface area contributed by atoms with Gasteiger partial charge in [0.05, 0.1) is 12.0 Å². The minimum atomic E-state index is -1.65. The van der Waals surface area contributed by atoms with Crippen LogP contribution in [-0.2, 0) is 4.79 Å². The lowest BCUT2D eigenvalue weighted by atomic mass is 9.84. The van der Waals surface area contributed by atoms with Crippen LogP contribution in [0.3, 0.4) is 0 Å². The normalized spacial score (nSPS) is 15.5. The molecule has 1 aliphatic rings. The van der Waals surface area contributed by atoms with Gasteiger partial charge < -0.3 is 9.84 Å². The van der Waals surface area contributed by atoms with E-state index in [4.69, 9.17) is 16.3 Å². The average Bonchev–Trinajstić information content (AvgIpc) is 2.71. The Balaban J connectivity index is 1.85. The predicted octanol–water partition coefficient (Wildman–Crippen LogP) is 5.13. The molecule has 0 saturated heterocycles. The van der Waals surface area contributed by atoms with E-state index in [1.165, 1.54) is 36.4 Å². The van der Waals surface area contributed by atoms with E-state index in [0.29, 0.717) is 5.02 Å². The van der Waals surface area contributed by atoms with Gasteiger partial charge in [0.25, 0.3) is 0 Å². The summed E-state index contributed by atoms with van der Waals surface area (Å²) < 4.78 is 46.0. The predicted molar refractivity (Wildman–Crippen MR) is 101 cm³/mol. The highest BCUT2D eigenvalue weighted by molar-refractivity contribution is 6.30. The van der Waals surface area contributed by atoms with Crippen molar-refractivity contribution < 1.29 is 32.6 Å². The third kappa shape index (κ3) is 3.41. The van der Waals surface area contributed by atoms with Gasteiger partial charge in [-0.2, -0.15) is 0 Å². The van der Waals surface area contributed by atoms with Gasteiger partial charge in [-0.3, -0.25) is 9.59 Å². The van der Waals surface area contributed by atoms with Crippen molar-refractivity contribution >= 4 is 23.4 Å². The summed E-state index contributed by atoms with van der Waals surface area (Å²) in [5.74, 6) is -7.32. The summed E-state index contributed by atoms with van der Waals surface area (Å²) in [6.07, 6.45) is -0.357. The van der Waals surface area contributed by atoms with Crippen LogP contribution in [0.2, 0.25) is 5.02 Å². The number of esters is 1. The maximum Gasteiger partial charge on any atom is 0.312 e. The number of ether oxygens (including phenoxy) is 1. The van der Waals surface area contributed by atoms with Crippen molar-refractivity contribution in [1.82, 2.24) is 0 Å². The lowest BCUT2D eigenvalue weighted by molar-refractivity contribution is -0.135. The molecule has 30 heavy (non-hydrogen) atoms. The van der Waals surface area contributed by atoms with Gasteiger partial charge in [-0.25, -0.2) is 13.2 Å². The fourth-order valence-corrected chi connectivity index (χ4v) is 3.58. The second-order valence-corrected chi connectivity index (χ2v) is 7.18. The molecular formula is C22H12ClF3O4. The number of hydrogen-bond donors (Lipinski definition) is 1. The molecule has 0 aliphatic carbocycles. The van der Waals surface area contributed by atoms with E-state index in [-0.39, 0.29) is 34.4 Å². The van der Waals surface area contributed by atoms with Crippen LogP contribution in [0, 0.1) is 17.5 Å². The Morgan fingerprint density at radius 3 is 2.30 bits per heavy atom. The van der Waals surface area contributed by atoms with Gasteiger partial charge in [0.2, 0.25) is 0 Å². The van der Waals surface area contributed by atoms with Gasteiger partial charge in [0, 0.05) is 22.1 Å². The SMILES string of the molecule is O=C1C[C@H](c2cc(F)c(F)c(F)c2)c2c(ccc(C(=O)c3ccc(Cl)cc3)c2O)O1. The largest absolute Gasteiger partial charge is 0.507 e. The number of phenolic OH excluding ortho intramolecular Hbond substituents is 1. The van der Waals surface area contributed by atoms with E-state index in [2.05, 4.69) is 0 Å². The second-order valence-electron chi connectivity index (χ2n) is 6.74. The number of hydrogen-bond acceptors (Lipinski definition) is 4. The fourth-order valence-electron chi connectivity index (χ4n) is 3.45. The maximum absolute atomic E-state index is 13.8. The molecule has 0 unspecified atom stereocenters. The topological polar surface area (TPSA) is 63.6 Å². The third-order valence-corrected chi connectivity index (χ3v) is 5.13. The van der Waals surface area contributed by atoms with E-state index in [0.717, 1.165) is 12.1 Å². The van der Waals surface area contributed by atoms with Crippen LogP contribution >= 0.6 is 11.6 Å². The van der Waals surface area contributed by atoms with Crippen molar-refractivity contribution in [2.24, 2.45) is 0 Å². The molecular weight excluding hydrogens is 421 g/mol. The molecule has 0 aromatic heterocycles. The van der Waals surface area contributed by atoms with Gasteiger partial charge in [0.1, 0.15) is 11.5 Å². The zero-order valence-electron chi connectivity index (χ0n) is 15.1. The third-order valence-electron chi connectivity index (χ3n) is 4.88. The van der Waals surface area contributed by atoms with Crippen LogP contribution in [0.25, 0.3) is 0 Å².